The fraction of sp³-hybridized carbons (Fsp3) is 0.0714. The summed E-state index contributed by atoms with van der Waals surface area (Å²) in [7, 11) is -3.65. The summed E-state index contributed by atoms with van der Waals surface area (Å²) in [4.78, 5) is 12.8. The van der Waals surface area contributed by atoms with Crippen molar-refractivity contribution in [1.29, 1.82) is 0 Å². The van der Waals surface area contributed by atoms with Crippen molar-refractivity contribution in [1.82, 2.24) is 19.7 Å². The Morgan fingerprint density at radius 1 is 0.842 bits per heavy atom. The maximum absolute atomic E-state index is 12.5. The second-order valence-electron chi connectivity index (χ2n) is 8.43. The van der Waals surface area contributed by atoms with Crippen LogP contribution in [0.1, 0.15) is 0 Å². The first-order valence-corrected chi connectivity index (χ1v) is 13.7. The zero-order chi connectivity index (χ0) is 26.5. The summed E-state index contributed by atoms with van der Waals surface area (Å²) in [6, 6.07) is 26.4. The highest BCUT2D eigenvalue weighted by molar-refractivity contribution is 7.89. The Kier molecular flexibility index (Phi) is 7.41. The highest BCUT2D eigenvalue weighted by Gasteiger charge is 2.17. The third kappa shape index (κ3) is 5.86. The Hall–Kier alpha value is -4.18. The standard InChI is InChI=1S/C28H24ClN5O3S/c29-22-9-11-24(12-10-22)38(36,37)32-16-15-31-25-18-21(13-14-30-25)27-26(20-7-4-8-23(35)17-20)33-28(34-27)19-5-2-1-3-6-19/h1-14,17-18,32,35H,15-16H2,(H,30,31)(H,33,34). The predicted molar refractivity (Wildman–Crippen MR) is 149 cm³/mol. The smallest absolute Gasteiger partial charge is 0.240 e. The normalized spacial score (nSPS) is 11.4. The average Bonchev–Trinajstić information content (AvgIpc) is 3.38. The third-order valence-corrected chi connectivity index (χ3v) is 7.50. The van der Waals surface area contributed by atoms with Gasteiger partial charge in [-0.25, -0.2) is 23.1 Å². The largest absolute Gasteiger partial charge is 0.508 e. The van der Waals surface area contributed by atoms with E-state index in [0.717, 1.165) is 22.4 Å². The van der Waals surface area contributed by atoms with Crippen LogP contribution in [0, 0.1) is 0 Å². The Labute approximate surface area is 225 Å². The van der Waals surface area contributed by atoms with Gasteiger partial charge in [-0.15, -0.1) is 0 Å². The second-order valence-corrected chi connectivity index (χ2v) is 10.6. The zero-order valence-electron chi connectivity index (χ0n) is 20.1. The number of phenols is 1. The summed E-state index contributed by atoms with van der Waals surface area (Å²) in [5.41, 5.74) is 3.98. The maximum Gasteiger partial charge on any atom is 0.240 e. The Bertz CT molecular complexity index is 1660. The van der Waals surface area contributed by atoms with Gasteiger partial charge in [-0.2, -0.15) is 0 Å². The van der Waals surface area contributed by atoms with Crippen molar-refractivity contribution in [3.05, 3.63) is 102 Å². The first-order chi connectivity index (χ1) is 18.4. The molecule has 0 atom stereocenters. The van der Waals surface area contributed by atoms with E-state index in [1.54, 1.807) is 24.4 Å². The first kappa shape index (κ1) is 25.5. The van der Waals surface area contributed by atoms with Crippen molar-refractivity contribution in [3.63, 3.8) is 0 Å². The molecule has 38 heavy (non-hydrogen) atoms. The number of halogens is 1. The van der Waals surface area contributed by atoms with Crippen molar-refractivity contribution < 1.29 is 13.5 Å². The molecule has 0 saturated heterocycles. The number of H-pyrrole nitrogens is 1. The van der Waals surface area contributed by atoms with Gasteiger partial charge in [-0.1, -0.05) is 54.1 Å². The number of nitrogens with zero attached hydrogens (tertiary/aromatic N) is 2. The molecule has 3 aromatic carbocycles. The number of pyridine rings is 1. The molecule has 8 nitrogen and oxygen atoms in total. The lowest BCUT2D eigenvalue weighted by Crippen LogP contribution is -2.29. The molecule has 5 rings (SSSR count). The van der Waals surface area contributed by atoms with Gasteiger partial charge in [0.1, 0.15) is 17.4 Å². The minimum atomic E-state index is -3.65. The highest BCUT2D eigenvalue weighted by Crippen LogP contribution is 2.34. The van der Waals surface area contributed by atoms with Gasteiger partial charge in [0.2, 0.25) is 10.0 Å². The van der Waals surface area contributed by atoms with E-state index < -0.39 is 10.0 Å². The lowest BCUT2D eigenvalue weighted by Gasteiger charge is -2.10. The van der Waals surface area contributed by atoms with Crippen LogP contribution >= 0.6 is 11.6 Å². The number of benzene rings is 3. The molecule has 0 aliphatic heterocycles. The number of sulfonamides is 1. The molecule has 2 aromatic heterocycles. The fourth-order valence-corrected chi connectivity index (χ4v) is 5.09. The summed E-state index contributed by atoms with van der Waals surface area (Å²) in [6.45, 7) is 0.481. The minimum Gasteiger partial charge on any atom is -0.508 e. The van der Waals surface area contributed by atoms with Crippen LogP contribution in [0.2, 0.25) is 5.02 Å². The number of nitrogens with one attached hydrogen (secondary N) is 3. The number of hydrogen-bond acceptors (Lipinski definition) is 6. The topological polar surface area (TPSA) is 120 Å². The molecule has 4 N–H and O–H groups in total. The SMILES string of the molecule is O=S(=O)(NCCNc1cc(-c2[nH]c(-c3ccccc3)nc2-c2cccc(O)c2)ccn1)c1ccc(Cl)cc1. The van der Waals surface area contributed by atoms with Crippen molar-refractivity contribution in [2.24, 2.45) is 0 Å². The Balaban J connectivity index is 1.36. The van der Waals surface area contributed by atoms with Gasteiger partial charge in [-0.05, 0) is 48.5 Å². The van der Waals surface area contributed by atoms with E-state index in [0.29, 0.717) is 28.9 Å². The molecule has 0 amide bonds. The van der Waals surface area contributed by atoms with Crippen molar-refractivity contribution in [2.45, 2.75) is 4.90 Å². The molecule has 0 fully saturated rings. The van der Waals surface area contributed by atoms with Gasteiger partial charge in [-0.3, -0.25) is 0 Å². The van der Waals surface area contributed by atoms with Crippen LogP contribution in [0.15, 0.2) is 102 Å². The van der Waals surface area contributed by atoms with Crippen LogP contribution in [-0.4, -0.2) is 41.6 Å². The summed E-state index contributed by atoms with van der Waals surface area (Å²) >= 11 is 5.85. The van der Waals surface area contributed by atoms with Crippen molar-refractivity contribution in [3.8, 4) is 39.7 Å². The molecular formula is C28H24ClN5O3S. The number of aromatic hydroxyl groups is 1. The number of aromatic amines is 1. The number of hydrogen-bond donors (Lipinski definition) is 4. The molecule has 10 heteroatoms. The number of imidazole rings is 1. The first-order valence-electron chi connectivity index (χ1n) is 11.8. The minimum absolute atomic E-state index is 0.148. The maximum atomic E-state index is 12.5. The molecule has 0 radical (unpaired) electrons. The molecule has 0 unspecified atom stereocenters. The summed E-state index contributed by atoms with van der Waals surface area (Å²) in [5, 5.41) is 13.7. The molecule has 192 valence electrons. The van der Waals surface area contributed by atoms with Gasteiger partial charge in [0.25, 0.3) is 0 Å². The average molecular weight is 546 g/mol. The van der Waals surface area contributed by atoms with E-state index in [2.05, 4.69) is 20.0 Å². The van der Waals surface area contributed by atoms with Crippen molar-refractivity contribution >= 4 is 27.4 Å². The lowest BCUT2D eigenvalue weighted by molar-refractivity contribution is 0.475. The van der Waals surface area contributed by atoms with Crippen LogP contribution in [0.4, 0.5) is 5.82 Å². The number of phenolic OH excluding ortho intramolecular Hbond substituents is 1. The zero-order valence-corrected chi connectivity index (χ0v) is 21.7. The second kappa shape index (κ2) is 11.1. The molecular weight excluding hydrogens is 522 g/mol. The third-order valence-electron chi connectivity index (χ3n) is 5.77. The van der Waals surface area contributed by atoms with Gasteiger partial charge < -0.3 is 15.4 Å². The summed E-state index contributed by atoms with van der Waals surface area (Å²) in [6.07, 6.45) is 1.67. The number of anilines is 1. The molecule has 0 saturated carbocycles. The van der Waals surface area contributed by atoms with Crippen molar-refractivity contribution in [2.75, 3.05) is 18.4 Å². The van der Waals surface area contributed by atoms with E-state index in [-0.39, 0.29) is 17.2 Å². The number of aromatic nitrogens is 3. The van der Waals surface area contributed by atoms with E-state index in [9.17, 15) is 13.5 Å². The molecule has 2 heterocycles. The quantitative estimate of drug-likeness (QED) is 0.180. The van der Waals surface area contributed by atoms with Crippen LogP contribution < -0.4 is 10.0 Å². The van der Waals surface area contributed by atoms with E-state index in [4.69, 9.17) is 16.6 Å². The van der Waals surface area contributed by atoms with Gasteiger partial charge in [0.15, 0.2) is 0 Å². The number of rotatable bonds is 9. The Morgan fingerprint density at radius 2 is 1.61 bits per heavy atom. The van der Waals surface area contributed by atoms with E-state index in [1.165, 1.54) is 24.3 Å². The van der Waals surface area contributed by atoms with Crippen LogP contribution in [0.25, 0.3) is 33.9 Å². The van der Waals surface area contributed by atoms with Crippen LogP contribution in [-0.2, 0) is 10.0 Å². The Morgan fingerprint density at radius 3 is 2.37 bits per heavy atom. The van der Waals surface area contributed by atoms with Gasteiger partial charge in [0.05, 0.1) is 16.3 Å². The summed E-state index contributed by atoms with van der Waals surface area (Å²) < 4.78 is 27.5. The van der Waals surface area contributed by atoms with Crippen LogP contribution in [0.3, 0.4) is 0 Å². The van der Waals surface area contributed by atoms with Gasteiger partial charge in [0, 0.05) is 41.0 Å². The monoisotopic (exact) mass is 545 g/mol. The highest BCUT2D eigenvalue weighted by atomic mass is 35.5. The van der Waals surface area contributed by atoms with E-state index >= 15 is 0 Å². The van der Waals surface area contributed by atoms with Gasteiger partial charge >= 0.3 is 0 Å². The molecule has 5 aromatic rings. The molecule has 0 aliphatic carbocycles. The fourth-order valence-electron chi connectivity index (χ4n) is 3.93. The predicted octanol–water partition coefficient (Wildman–Crippen LogP) is 5.56. The van der Waals surface area contributed by atoms with Crippen LogP contribution in [0.5, 0.6) is 5.75 Å². The summed E-state index contributed by atoms with van der Waals surface area (Å²) in [5.74, 6) is 1.42. The molecule has 0 aliphatic rings. The molecule has 0 spiro atoms. The lowest BCUT2D eigenvalue weighted by atomic mass is 10.1. The van der Waals surface area contributed by atoms with E-state index in [1.807, 2.05) is 48.5 Å². The molecule has 0 bridgehead atoms.